The van der Waals surface area contributed by atoms with Crippen LogP contribution in [0.15, 0.2) is 4.47 Å². The van der Waals surface area contributed by atoms with Crippen LogP contribution in [0.5, 0.6) is 0 Å². The van der Waals surface area contributed by atoms with E-state index in [2.05, 4.69) is 51.4 Å². The minimum Gasteiger partial charge on any atom is -0.295 e. The summed E-state index contributed by atoms with van der Waals surface area (Å²) < 4.78 is 3.38. The van der Waals surface area contributed by atoms with Crippen LogP contribution in [0.1, 0.15) is 51.4 Å². The van der Waals surface area contributed by atoms with Crippen molar-refractivity contribution >= 4 is 15.9 Å². The van der Waals surface area contributed by atoms with Gasteiger partial charge in [0.2, 0.25) is 0 Å². The second-order valence-electron chi connectivity index (χ2n) is 5.19. The third-order valence-corrected chi connectivity index (χ3v) is 4.90. The Bertz CT molecular complexity index is 400. The first-order valence-corrected chi connectivity index (χ1v) is 7.94. The van der Waals surface area contributed by atoms with Crippen molar-refractivity contribution in [3.05, 3.63) is 15.9 Å². The fourth-order valence-electron chi connectivity index (χ4n) is 2.75. The van der Waals surface area contributed by atoms with Crippen molar-refractivity contribution in [2.75, 3.05) is 6.54 Å². The van der Waals surface area contributed by atoms with Gasteiger partial charge in [0, 0.05) is 19.1 Å². The molecule has 2 rings (SSSR count). The molecule has 1 aliphatic heterocycles. The van der Waals surface area contributed by atoms with Crippen LogP contribution >= 0.6 is 15.9 Å². The highest BCUT2D eigenvalue weighted by molar-refractivity contribution is 9.10. The number of halogens is 1. The van der Waals surface area contributed by atoms with Crippen molar-refractivity contribution in [3.8, 4) is 0 Å². The van der Waals surface area contributed by atoms with Gasteiger partial charge in [-0.25, -0.2) is 0 Å². The molecule has 0 N–H and O–H groups in total. The third-order valence-electron chi connectivity index (χ3n) is 3.99. The Kier molecular flexibility index (Phi) is 4.84. The topological polar surface area (TPSA) is 21.1 Å². The lowest BCUT2D eigenvalue weighted by molar-refractivity contribution is 0.148. The predicted molar refractivity (Wildman–Crippen MR) is 78.7 cm³/mol. The van der Waals surface area contributed by atoms with E-state index in [1.165, 1.54) is 41.7 Å². The molecule has 4 heteroatoms. The molecular formula is C14H24BrN3. The average molecular weight is 314 g/mol. The predicted octanol–water partition coefficient (Wildman–Crippen LogP) is 3.60. The van der Waals surface area contributed by atoms with Crippen molar-refractivity contribution < 1.29 is 0 Å². The summed E-state index contributed by atoms with van der Waals surface area (Å²) in [5, 5.41) is 4.68. The molecule has 0 radical (unpaired) electrons. The number of aryl methyl sites for hydroxylation is 2. The van der Waals surface area contributed by atoms with E-state index in [9.17, 15) is 0 Å². The maximum Gasteiger partial charge on any atom is 0.0767 e. The summed E-state index contributed by atoms with van der Waals surface area (Å²) in [6, 6.07) is 0.705. The van der Waals surface area contributed by atoms with Crippen LogP contribution in [0, 0.1) is 0 Å². The van der Waals surface area contributed by atoms with Crippen LogP contribution in [-0.2, 0) is 19.5 Å². The number of aromatic nitrogens is 2. The van der Waals surface area contributed by atoms with Gasteiger partial charge in [0.05, 0.1) is 15.9 Å². The van der Waals surface area contributed by atoms with Crippen molar-refractivity contribution in [1.82, 2.24) is 14.7 Å². The van der Waals surface area contributed by atoms with E-state index in [4.69, 9.17) is 0 Å². The van der Waals surface area contributed by atoms with E-state index in [1.54, 1.807) is 0 Å². The largest absolute Gasteiger partial charge is 0.295 e. The summed E-state index contributed by atoms with van der Waals surface area (Å²) in [6.45, 7) is 9.89. The van der Waals surface area contributed by atoms with Gasteiger partial charge in [-0.15, -0.1) is 0 Å². The Morgan fingerprint density at radius 3 is 2.72 bits per heavy atom. The lowest BCUT2D eigenvalue weighted by atomic mass is 10.0. The summed E-state index contributed by atoms with van der Waals surface area (Å²) in [4.78, 5) is 2.59. The number of likely N-dealkylation sites (tertiary alicyclic amines) is 1. The molecule has 1 aromatic heterocycles. The lowest BCUT2D eigenvalue weighted by Gasteiger charge is -2.33. The van der Waals surface area contributed by atoms with Crippen molar-refractivity contribution in [2.24, 2.45) is 0 Å². The van der Waals surface area contributed by atoms with E-state index < -0.39 is 0 Å². The number of hydrogen-bond acceptors (Lipinski definition) is 2. The lowest BCUT2D eigenvalue weighted by Crippen LogP contribution is -2.37. The molecule has 1 aromatic rings. The highest BCUT2D eigenvalue weighted by Gasteiger charge is 2.22. The molecule has 0 spiro atoms. The maximum atomic E-state index is 4.68. The molecular weight excluding hydrogens is 290 g/mol. The summed E-state index contributed by atoms with van der Waals surface area (Å²) in [5.74, 6) is 0. The first-order chi connectivity index (χ1) is 8.67. The molecule has 1 fully saturated rings. The molecule has 0 aliphatic carbocycles. The molecule has 1 saturated heterocycles. The number of rotatable bonds is 4. The molecule has 1 unspecified atom stereocenters. The van der Waals surface area contributed by atoms with E-state index in [0.717, 1.165) is 19.5 Å². The second kappa shape index (κ2) is 6.20. The molecule has 0 aromatic carbocycles. The molecule has 3 nitrogen and oxygen atoms in total. The van der Waals surface area contributed by atoms with Crippen LogP contribution in [0.2, 0.25) is 0 Å². The first-order valence-electron chi connectivity index (χ1n) is 7.15. The minimum atomic E-state index is 0.705. The molecule has 18 heavy (non-hydrogen) atoms. The van der Waals surface area contributed by atoms with Crippen LogP contribution < -0.4 is 0 Å². The van der Waals surface area contributed by atoms with Crippen molar-refractivity contribution in [1.29, 1.82) is 0 Å². The Balaban J connectivity index is 2.19. The van der Waals surface area contributed by atoms with Gasteiger partial charge >= 0.3 is 0 Å². The molecule has 1 aliphatic rings. The molecule has 0 amide bonds. The second-order valence-corrected chi connectivity index (χ2v) is 5.98. The van der Waals surface area contributed by atoms with Gasteiger partial charge in [-0.2, -0.15) is 5.10 Å². The zero-order valence-electron chi connectivity index (χ0n) is 11.7. The normalized spacial score (nSPS) is 21.4. The molecule has 1 atom stereocenters. The van der Waals surface area contributed by atoms with Gasteiger partial charge in [-0.1, -0.05) is 13.3 Å². The van der Waals surface area contributed by atoms with Crippen LogP contribution in [0.4, 0.5) is 0 Å². The van der Waals surface area contributed by atoms with Crippen LogP contribution in [0.25, 0.3) is 0 Å². The zero-order chi connectivity index (χ0) is 13.1. The van der Waals surface area contributed by atoms with E-state index in [-0.39, 0.29) is 0 Å². The average Bonchev–Trinajstić information content (AvgIpc) is 2.69. The van der Waals surface area contributed by atoms with Gasteiger partial charge in [0.25, 0.3) is 0 Å². The van der Waals surface area contributed by atoms with Gasteiger partial charge in [-0.3, -0.25) is 9.58 Å². The molecule has 0 bridgehead atoms. The van der Waals surface area contributed by atoms with Crippen LogP contribution in [0.3, 0.4) is 0 Å². The maximum absolute atomic E-state index is 4.68. The molecule has 102 valence electrons. The van der Waals surface area contributed by atoms with Crippen molar-refractivity contribution in [2.45, 2.75) is 65.6 Å². The standard InChI is InChI=1S/C14H24BrN3/c1-4-12-14(15)13(18(5-2)16-12)10-17-9-7-6-8-11(17)3/h11H,4-10H2,1-3H3. The highest BCUT2D eigenvalue weighted by atomic mass is 79.9. The Labute approximate surface area is 119 Å². The number of nitrogens with zero attached hydrogens (tertiary/aromatic N) is 3. The Morgan fingerprint density at radius 2 is 2.11 bits per heavy atom. The van der Waals surface area contributed by atoms with E-state index in [1.807, 2.05) is 0 Å². The fourth-order valence-corrected chi connectivity index (χ4v) is 3.44. The van der Waals surface area contributed by atoms with Gasteiger partial charge in [0.1, 0.15) is 0 Å². The third kappa shape index (κ3) is 2.80. The number of piperidine rings is 1. The summed E-state index contributed by atoms with van der Waals surface area (Å²) in [6.07, 6.45) is 5.05. The van der Waals surface area contributed by atoms with E-state index >= 15 is 0 Å². The summed E-state index contributed by atoms with van der Waals surface area (Å²) in [5.41, 5.74) is 2.54. The SMILES string of the molecule is CCc1nn(CC)c(CN2CCCCC2C)c1Br. The van der Waals surface area contributed by atoms with E-state index in [0.29, 0.717) is 6.04 Å². The smallest absolute Gasteiger partial charge is 0.0767 e. The monoisotopic (exact) mass is 313 g/mol. The van der Waals surface area contributed by atoms with Gasteiger partial charge in [0.15, 0.2) is 0 Å². The summed E-state index contributed by atoms with van der Waals surface area (Å²) in [7, 11) is 0. The molecule has 2 heterocycles. The number of hydrogen-bond donors (Lipinski definition) is 0. The van der Waals surface area contributed by atoms with Gasteiger partial charge in [-0.05, 0) is 55.6 Å². The Hall–Kier alpha value is -0.350. The first kappa shape index (κ1) is 14.1. The molecule has 0 saturated carbocycles. The van der Waals surface area contributed by atoms with Gasteiger partial charge < -0.3 is 0 Å². The highest BCUT2D eigenvalue weighted by Crippen LogP contribution is 2.26. The minimum absolute atomic E-state index is 0.705. The van der Waals surface area contributed by atoms with Crippen LogP contribution in [-0.4, -0.2) is 27.3 Å². The fraction of sp³-hybridized carbons (Fsp3) is 0.786. The zero-order valence-corrected chi connectivity index (χ0v) is 13.3. The quantitative estimate of drug-likeness (QED) is 0.846. The Morgan fingerprint density at radius 1 is 1.33 bits per heavy atom. The summed E-state index contributed by atoms with van der Waals surface area (Å²) >= 11 is 3.74. The van der Waals surface area contributed by atoms with Crippen molar-refractivity contribution in [3.63, 3.8) is 0 Å².